The summed E-state index contributed by atoms with van der Waals surface area (Å²) in [5, 5.41) is 5.54. The second-order valence-electron chi connectivity index (χ2n) is 5.36. The average molecular weight is 475 g/mol. The summed E-state index contributed by atoms with van der Waals surface area (Å²) < 4.78 is 1.73. The van der Waals surface area contributed by atoms with E-state index in [0.29, 0.717) is 16.9 Å². The van der Waals surface area contributed by atoms with E-state index in [0.717, 1.165) is 8.95 Å². The second-order valence-corrected chi connectivity index (χ2v) is 7.19. The van der Waals surface area contributed by atoms with E-state index in [4.69, 9.17) is 0 Å². The van der Waals surface area contributed by atoms with Gasteiger partial charge in [0, 0.05) is 26.5 Å². The van der Waals surface area contributed by atoms with Crippen LogP contribution in [-0.4, -0.2) is 16.8 Å². The van der Waals surface area contributed by atoms with Gasteiger partial charge in [0.1, 0.15) is 5.69 Å². The number of nitrogens with zero attached hydrogens (tertiary/aromatic N) is 1. The molecule has 0 saturated heterocycles. The Labute approximate surface area is 167 Å². The Morgan fingerprint density at radius 3 is 1.85 bits per heavy atom. The van der Waals surface area contributed by atoms with Crippen molar-refractivity contribution in [3.8, 4) is 0 Å². The van der Waals surface area contributed by atoms with Crippen LogP contribution in [-0.2, 0) is 0 Å². The normalized spacial score (nSPS) is 10.2. The molecule has 0 fully saturated rings. The van der Waals surface area contributed by atoms with Crippen molar-refractivity contribution in [3.05, 3.63) is 87.1 Å². The first-order chi connectivity index (χ1) is 12.5. The minimum absolute atomic E-state index is 0.226. The van der Waals surface area contributed by atoms with Crippen LogP contribution in [0.3, 0.4) is 0 Å². The van der Waals surface area contributed by atoms with E-state index in [1.807, 2.05) is 24.3 Å². The number of carbonyl (C=O) groups is 2. The van der Waals surface area contributed by atoms with Crippen LogP contribution in [0.15, 0.2) is 75.8 Å². The first kappa shape index (κ1) is 18.3. The highest BCUT2D eigenvalue weighted by Gasteiger charge is 2.11. The molecule has 0 saturated carbocycles. The highest BCUT2D eigenvalue weighted by Crippen LogP contribution is 2.18. The van der Waals surface area contributed by atoms with E-state index < -0.39 is 0 Å². The molecule has 0 bridgehead atoms. The number of carbonyl (C=O) groups excluding carboxylic acids is 2. The molecule has 0 aliphatic heterocycles. The van der Waals surface area contributed by atoms with Crippen molar-refractivity contribution < 1.29 is 9.59 Å². The van der Waals surface area contributed by atoms with Crippen LogP contribution in [0, 0.1) is 0 Å². The first-order valence-electron chi connectivity index (χ1n) is 7.61. The Morgan fingerprint density at radius 2 is 1.35 bits per heavy atom. The van der Waals surface area contributed by atoms with Crippen molar-refractivity contribution in [2.75, 3.05) is 10.6 Å². The van der Waals surface area contributed by atoms with Crippen molar-refractivity contribution >= 4 is 55.0 Å². The third-order valence-electron chi connectivity index (χ3n) is 3.42. The predicted molar refractivity (Wildman–Crippen MR) is 108 cm³/mol. The summed E-state index contributed by atoms with van der Waals surface area (Å²) in [6, 6.07) is 17.6. The molecule has 0 radical (unpaired) electrons. The molecule has 7 heteroatoms. The molecule has 3 rings (SSSR count). The van der Waals surface area contributed by atoms with E-state index in [-0.39, 0.29) is 17.5 Å². The van der Waals surface area contributed by atoms with Gasteiger partial charge in [-0.2, -0.15) is 0 Å². The van der Waals surface area contributed by atoms with Gasteiger partial charge in [0.2, 0.25) is 0 Å². The number of aromatic nitrogens is 1. The zero-order valence-corrected chi connectivity index (χ0v) is 16.5. The van der Waals surface area contributed by atoms with E-state index in [1.54, 1.807) is 30.3 Å². The summed E-state index contributed by atoms with van der Waals surface area (Å²) in [4.78, 5) is 28.6. The molecule has 5 nitrogen and oxygen atoms in total. The number of anilines is 2. The van der Waals surface area contributed by atoms with Crippen LogP contribution >= 0.6 is 31.9 Å². The number of pyridine rings is 1. The highest BCUT2D eigenvalue weighted by molar-refractivity contribution is 9.10. The summed E-state index contributed by atoms with van der Waals surface area (Å²) in [6.07, 6.45) is 1.38. The lowest BCUT2D eigenvalue weighted by Gasteiger charge is -2.07. The molecule has 26 heavy (non-hydrogen) atoms. The second kappa shape index (κ2) is 8.25. The van der Waals surface area contributed by atoms with Gasteiger partial charge < -0.3 is 10.6 Å². The zero-order valence-electron chi connectivity index (χ0n) is 13.4. The molecule has 1 heterocycles. The van der Waals surface area contributed by atoms with Gasteiger partial charge in [0.15, 0.2) is 0 Å². The molecule has 0 atom stereocenters. The summed E-state index contributed by atoms with van der Waals surface area (Å²) in [5.74, 6) is -0.642. The molecule has 0 unspecified atom stereocenters. The average Bonchev–Trinajstić information content (AvgIpc) is 2.62. The van der Waals surface area contributed by atoms with Crippen LogP contribution < -0.4 is 10.6 Å². The van der Waals surface area contributed by atoms with E-state index >= 15 is 0 Å². The lowest BCUT2D eigenvalue weighted by Crippen LogP contribution is -2.16. The minimum atomic E-state index is -0.345. The number of hydrogen-bond acceptors (Lipinski definition) is 3. The fraction of sp³-hybridized carbons (Fsp3) is 0. The third kappa shape index (κ3) is 4.77. The summed E-state index contributed by atoms with van der Waals surface area (Å²) in [5.41, 5.74) is 1.91. The molecular weight excluding hydrogens is 462 g/mol. The van der Waals surface area contributed by atoms with Gasteiger partial charge in [-0.15, -0.1) is 0 Å². The fourth-order valence-corrected chi connectivity index (χ4v) is 2.99. The number of halogens is 2. The van der Waals surface area contributed by atoms with Gasteiger partial charge in [-0.3, -0.25) is 14.6 Å². The lowest BCUT2D eigenvalue weighted by atomic mass is 10.2. The number of amides is 2. The highest BCUT2D eigenvalue weighted by atomic mass is 79.9. The van der Waals surface area contributed by atoms with Crippen LogP contribution in [0.5, 0.6) is 0 Å². The monoisotopic (exact) mass is 473 g/mol. The molecule has 2 aromatic carbocycles. The summed E-state index contributed by atoms with van der Waals surface area (Å²) >= 11 is 6.71. The minimum Gasteiger partial charge on any atom is -0.322 e. The van der Waals surface area contributed by atoms with Gasteiger partial charge in [0.05, 0.1) is 5.56 Å². The fourth-order valence-electron chi connectivity index (χ4n) is 2.19. The zero-order chi connectivity index (χ0) is 18.5. The maximum absolute atomic E-state index is 12.3. The van der Waals surface area contributed by atoms with E-state index in [1.165, 1.54) is 12.3 Å². The smallest absolute Gasteiger partial charge is 0.274 e. The lowest BCUT2D eigenvalue weighted by molar-refractivity contribution is 0.101. The number of benzene rings is 2. The van der Waals surface area contributed by atoms with Crippen LogP contribution in [0.25, 0.3) is 0 Å². The Bertz CT molecular complexity index is 881. The number of nitrogens with one attached hydrogen (secondary N) is 2. The molecule has 0 aliphatic rings. The Morgan fingerprint density at radius 1 is 0.769 bits per heavy atom. The van der Waals surface area contributed by atoms with Crippen molar-refractivity contribution in [2.45, 2.75) is 0 Å². The molecule has 0 spiro atoms. The van der Waals surface area contributed by atoms with Crippen molar-refractivity contribution in [1.29, 1.82) is 0 Å². The first-order valence-corrected chi connectivity index (χ1v) is 9.20. The van der Waals surface area contributed by atoms with Crippen LogP contribution in [0.2, 0.25) is 0 Å². The van der Waals surface area contributed by atoms with Crippen molar-refractivity contribution in [1.82, 2.24) is 4.98 Å². The van der Waals surface area contributed by atoms with Gasteiger partial charge in [-0.05, 0) is 48.5 Å². The quantitative estimate of drug-likeness (QED) is 0.551. The number of hydrogen-bond donors (Lipinski definition) is 2. The Balaban J connectivity index is 1.67. The molecule has 1 aromatic heterocycles. The SMILES string of the molecule is O=C(Nc1cccc(Br)c1)c1ccc(C(=O)Nc2cccc(Br)c2)nc1. The topological polar surface area (TPSA) is 71.1 Å². The van der Waals surface area contributed by atoms with Gasteiger partial charge in [-0.1, -0.05) is 44.0 Å². The molecular formula is C19H13Br2N3O2. The summed E-state index contributed by atoms with van der Waals surface area (Å²) in [6.45, 7) is 0. The van der Waals surface area contributed by atoms with Gasteiger partial charge in [-0.25, -0.2) is 0 Å². The van der Waals surface area contributed by atoms with Gasteiger partial charge >= 0.3 is 0 Å². The third-order valence-corrected chi connectivity index (χ3v) is 4.41. The standard InChI is InChI=1S/C19H13Br2N3O2/c20-13-3-1-5-15(9-13)23-18(25)12-7-8-17(22-11-12)19(26)24-16-6-2-4-14(21)10-16/h1-11H,(H,23,25)(H,24,26). The maximum Gasteiger partial charge on any atom is 0.274 e. The molecule has 0 aliphatic carbocycles. The largest absolute Gasteiger partial charge is 0.322 e. The molecule has 2 N–H and O–H groups in total. The van der Waals surface area contributed by atoms with E-state index in [2.05, 4.69) is 47.5 Å². The van der Waals surface area contributed by atoms with Crippen LogP contribution in [0.4, 0.5) is 11.4 Å². The Kier molecular flexibility index (Phi) is 5.80. The van der Waals surface area contributed by atoms with Crippen molar-refractivity contribution in [3.63, 3.8) is 0 Å². The van der Waals surface area contributed by atoms with Crippen molar-refractivity contribution in [2.24, 2.45) is 0 Å². The molecule has 130 valence electrons. The maximum atomic E-state index is 12.3. The molecule has 3 aromatic rings. The summed E-state index contributed by atoms with van der Waals surface area (Å²) in [7, 11) is 0. The predicted octanol–water partition coefficient (Wildman–Crippen LogP) is 5.11. The van der Waals surface area contributed by atoms with Gasteiger partial charge in [0.25, 0.3) is 11.8 Å². The Hall–Kier alpha value is -2.51. The van der Waals surface area contributed by atoms with E-state index in [9.17, 15) is 9.59 Å². The molecule has 2 amide bonds. The van der Waals surface area contributed by atoms with Crippen LogP contribution in [0.1, 0.15) is 20.8 Å². The number of rotatable bonds is 4.